The second kappa shape index (κ2) is 8.88. The Balaban J connectivity index is 2.04. The van der Waals surface area contributed by atoms with Gasteiger partial charge in [-0.15, -0.1) is 0 Å². The molecule has 1 aromatic heterocycles. The molecule has 6 nitrogen and oxygen atoms in total. The number of hydrogen-bond acceptors (Lipinski definition) is 5. The van der Waals surface area contributed by atoms with E-state index in [1.807, 2.05) is 30.3 Å². The van der Waals surface area contributed by atoms with E-state index in [0.29, 0.717) is 19.6 Å². The van der Waals surface area contributed by atoms with Gasteiger partial charge in [-0.25, -0.2) is 4.79 Å². The molecule has 1 N–H and O–H groups in total. The summed E-state index contributed by atoms with van der Waals surface area (Å²) in [6.07, 6.45) is 1.71. The summed E-state index contributed by atoms with van der Waals surface area (Å²) in [4.78, 5) is 23.9. The summed E-state index contributed by atoms with van der Waals surface area (Å²) < 4.78 is 11.3. The number of nitrogens with one attached hydrogen (secondary N) is 1. The van der Waals surface area contributed by atoms with Crippen LogP contribution in [0.3, 0.4) is 0 Å². The largest absolute Gasteiger partial charge is 0.468 e. The summed E-state index contributed by atoms with van der Waals surface area (Å²) in [6.45, 7) is 2.41. The van der Waals surface area contributed by atoms with Crippen LogP contribution in [0.15, 0.2) is 48.7 Å². The van der Waals surface area contributed by atoms with Gasteiger partial charge in [0.1, 0.15) is 6.04 Å². The predicted molar refractivity (Wildman–Crippen MR) is 89.6 cm³/mol. The number of aromatic nitrogens is 1. The average molecular weight is 330 g/mol. The van der Waals surface area contributed by atoms with Crippen molar-refractivity contribution >= 4 is 12.1 Å². The van der Waals surface area contributed by atoms with E-state index in [2.05, 4.69) is 5.32 Å². The molecule has 0 radical (unpaired) electrons. The van der Waals surface area contributed by atoms with Crippen molar-refractivity contribution in [2.45, 2.75) is 25.9 Å². The molecule has 1 aromatic carbocycles. The number of methoxy groups -OCH3 is 1. The van der Waals surface area contributed by atoms with E-state index in [0.717, 1.165) is 11.3 Å². The van der Waals surface area contributed by atoms with Crippen molar-refractivity contribution in [2.75, 3.05) is 13.7 Å². The predicted octanol–water partition coefficient (Wildman–Crippen LogP) is 2.37. The second-order valence-corrected chi connectivity index (χ2v) is 5.21. The van der Waals surface area contributed by atoms with Gasteiger partial charge in [0.05, 0.1) is 13.7 Å². The number of hydrogen-bond donors (Lipinski definition) is 1. The molecule has 1 heterocycles. The van der Waals surface area contributed by atoms with E-state index in [-0.39, 0.29) is 5.97 Å². The van der Waals surface area contributed by atoms with Crippen LogP contribution in [-0.4, -0.2) is 36.4 Å². The van der Waals surface area contributed by atoms with Gasteiger partial charge in [-0.1, -0.05) is 30.3 Å². The molecule has 0 aliphatic heterocycles. The first-order valence-corrected chi connectivity index (χ1v) is 7.84. The van der Waals surface area contributed by atoms with Crippen molar-refractivity contribution < 1.29 is 19.1 Å². The Morgan fingerprint density at radius 1 is 1.17 bits per heavy atom. The molecule has 0 saturated heterocycles. The van der Waals surface area contributed by atoms with Gasteiger partial charge < -0.3 is 9.47 Å². The molecule has 0 amide bonds. The van der Waals surface area contributed by atoms with Gasteiger partial charge in [-0.05, 0) is 31.0 Å². The zero-order chi connectivity index (χ0) is 17.4. The minimum atomic E-state index is -0.497. The molecular weight excluding hydrogens is 308 g/mol. The van der Waals surface area contributed by atoms with Crippen LogP contribution in [0.2, 0.25) is 0 Å². The van der Waals surface area contributed by atoms with E-state index >= 15 is 0 Å². The summed E-state index contributed by atoms with van der Waals surface area (Å²) in [5, 5.41) is 3.16. The van der Waals surface area contributed by atoms with Gasteiger partial charge in [-0.2, -0.15) is 0 Å². The molecule has 24 heavy (non-hydrogen) atoms. The summed E-state index contributed by atoms with van der Waals surface area (Å²) in [5.74, 6) is -0.340. The molecule has 0 bridgehead atoms. The van der Waals surface area contributed by atoms with Gasteiger partial charge in [0.25, 0.3) is 0 Å². The molecule has 0 fully saturated rings. The number of esters is 1. The molecule has 1 unspecified atom stereocenters. The molecule has 0 aliphatic rings. The highest BCUT2D eigenvalue weighted by atomic mass is 16.5. The number of carbonyl (C=O) groups excluding carboxylic acids is 2. The summed E-state index contributed by atoms with van der Waals surface area (Å²) >= 11 is 0. The third-order valence-corrected chi connectivity index (χ3v) is 3.60. The lowest BCUT2D eigenvalue weighted by Gasteiger charge is -2.17. The van der Waals surface area contributed by atoms with E-state index in [1.54, 1.807) is 25.3 Å². The lowest BCUT2D eigenvalue weighted by Crippen LogP contribution is -2.39. The highest BCUT2D eigenvalue weighted by molar-refractivity contribution is 5.76. The van der Waals surface area contributed by atoms with Crippen LogP contribution < -0.4 is 5.32 Å². The van der Waals surface area contributed by atoms with Crippen LogP contribution in [0.5, 0.6) is 0 Å². The first kappa shape index (κ1) is 17.7. The number of carbonyl (C=O) groups is 2. The van der Waals surface area contributed by atoms with Crippen LogP contribution in [0, 0.1) is 0 Å². The first-order valence-electron chi connectivity index (χ1n) is 7.84. The SMILES string of the molecule is CCOC(=O)n1cccc1CNC(Cc1ccccc1)C(=O)OC. The lowest BCUT2D eigenvalue weighted by molar-refractivity contribution is -0.143. The molecule has 0 aliphatic carbocycles. The number of benzene rings is 1. The number of rotatable bonds is 7. The van der Waals surface area contributed by atoms with Crippen LogP contribution in [0.1, 0.15) is 18.2 Å². The minimum Gasteiger partial charge on any atom is -0.468 e. The lowest BCUT2D eigenvalue weighted by atomic mass is 10.1. The Morgan fingerprint density at radius 3 is 2.58 bits per heavy atom. The molecule has 6 heteroatoms. The summed E-state index contributed by atoms with van der Waals surface area (Å²) in [7, 11) is 1.36. The zero-order valence-corrected chi connectivity index (χ0v) is 13.9. The Hall–Kier alpha value is -2.60. The maximum absolute atomic E-state index is 12.0. The Kier molecular flexibility index (Phi) is 6.57. The highest BCUT2D eigenvalue weighted by Crippen LogP contribution is 2.08. The molecule has 128 valence electrons. The van der Waals surface area contributed by atoms with E-state index in [9.17, 15) is 9.59 Å². The minimum absolute atomic E-state index is 0.308. The number of ether oxygens (including phenoxy) is 2. The van der Waals surface area contributed by atoms with Crippen molar-refractivity contribution in [1.82, 2.24) is 9.88 Å². The van der Waals surface area contributed by atoms with Crippen molar-refractivity contribution in [1.29, 1.82) is 0 Å². The van der Waals surface area contributed by atoms with Crippen LogP contribution >= 0.6 is 0 Å². The molecule has 0 spiro atoms. The Bertz CT molecular complexity index is 667. The van der Waals surface area contributed by atoms with Gasteiger partial charge in [0, 0.05) is 18.4 Å². The normalized spacial score (nSPS) is 11.8. The second-order valence-electron chi connectivity index (χ2n) is 5.21. The van der Waals surface area contributed by atoms with Crippen LogP contribution in [0.25, 0.3) is 0 Å². The van der Waals surface area contributed by atoms with Gasteiger partial charge in [0.15, 0.2) is 0 Å². The number of nitrogens with zero attached hydrogens (tertiary/aromatic N) is 1. The fourth-order valence-electron chi connectivity index (χ4n) is 2.39. The maximum atomic E-state index is 12.0. The van der Waals surface area contributed by atoms with Gasteiger partial charge >= 0.3 is 12.1 Å². The Labute approximate surface area is 141 Å². The molecule has 2 rings (SSSR count). The van der Waals surface area contributed by atoms with Gasteiger partial charge in [0.2, 0.25) is 0 Å². The fraction of sp³-hybridized carbons (Fsp3) is 0.333. The zero-order valence-electron chi connectivity index (χ0n) is 13.9. The highest BCUT2D eigenvalue weighted by Gasteiger charge is 2.20. The molecule has 0 saturated carbocycles. The van der Waals surface area contributed by atoms with E-state index < -0.39 is 12.1 Å². The van der Waals surface area contributed by atoms with Crippen molar-refractivity contribution in [3.05, 3.63) is 59.9 Å². The van der Waals surface area contributed by atoms with Crippen LogP contribution in [-0.2, 0) is 27.2 Å². The molecule has 1 atom stereocenters. The molecular formula is C18H22N2O4. The molecule has 2 aromatic rings. The maximum Gasteiger partial charge on any atom is 0.418 e. The quantitative estimate of drug-likeness (QED) is 0.789. The van der Waals surface area contributed by atoms with Crippen molar-refractivity contribution in [3.63, 3.8) is 0 Å². The standard InChI is InChI=1S/C18H22N2O4/c1-3-24-18(22)20-11-7-10-15(20)13-19-16(17(21)23-2)12-14-8-5-4-6-9-14/h4-11,16,19H,3,12-13H2,1-2H3. The fourth-order valence-corrected chi connectivity index (χ4v) is 2.39. The third kappa shape index (κ3) is 4.70. The Morgan fingerprint density at radius 2 is 1.92 bits per heavy atom. The third-order valence-electron chi connectivity index (χ3n) is 3.60. The monoisotopic (exact) mass is 330 g/mol. The van der Waals surface area contributed by atoms with Crippen molar-refractivity contribution in [3.8, 4) is 0 Å². The summed E-state index contributed by atoms with van der Waals surface area (Å²) in [5.41, 5.74) is 1.75. The van der Waals surface area contributed by atoms with E-state index in [4.69, 9.17) is 9.47 Å². The smallest absolute Gasteiger partial charge is 0.418 e. The summed E-state index contributed by atoms with van der Waals surface area (Å²) in [6, 6.07) is 12.8. The van der Waals surface area contributed by atoms with Gasteiger partial charge in [-0.3, -0.25) is 14.7 Å². The van der Waals surface area contributed by atoms with E-state index in [1.165, 1.54) is 11.7 Å². The van der Waals surface area contributed by atoms with Crippen molar-refractivity contribution in [2.24, 2.45) is 0 Å². The average Bonchev–Trinajstić information content (AvgIpc) is 3.07. The van der Waals surface area contributed by atoms with Crippen LogP contribution in [0.4, 0.5) is 4.79 Å². The topological polar surface area (TPSA) is 69.6 Å². The first-order chi connectivity index (χ1) is 11.7.